The van der Waals surface area contributed by atoms with Crippen molar-refractivity contribution < 1.29 is 14.3 Å². The number of nitrogens with two attached hydrogens (primary N) is 1. The molecule has 0 spiro atoms. The van der Waals surface area contributed by atoms with Gasteiger partial charge in [0.05, 0.1) is 13.0 Å². The van der Waals surface area contributed by atoms with Gasteiger partial charge in [0.25, 0.3) is 0 Å². The fourth-order valence-electron chi connectivity index (χ4n) is 1.60. The smallest absolute Gasteiger partial charge is 0.225 e. The van der Waals surface area contributed by atoms with Crippen molar-refractivity contribution in [2.45, 2.75) is 32.7 Å². The number of carbonyl (C=O) groups excluding carboxylic acids is 2. The van der Waals surface area contributed by atoms with Gasteiger partial charge in [-0.15, -0.1) is 0 Å². The average Bonchev–Trinajstić information content (AvgIpc) is 2.40. The number of benzene rings is 1. The molecule has 0 radical (unpaired) electrons. The van der Waals surface area contributed by atoms with Crippen LogP contribution in [0.2, 0.25) is 0 Å². The van der Waals surface area contributed by atoms with Crippen LogP contribution < -0.4 is 21.1 Å². The van der Waals surface area contributed by atoms with Gasteiger partial charge in [0, 0.05) is 24.7 Å². The van der Waals surface area contributed by atoms with Crippen LogP contribution in [0.15, 0.2) is 24.3 Å². The second kappa shape index (κ2) is 8.97. The standard InChI is InChI=1S/C15H23N3O3/c1-11(2)17-9-7-15(20)18-12-3-5-13(6-4-12)21-10-8-14(16)19/h3-6,11,17H,7-10H2,1-2H3,(H2,16,19)(H,18,20). The van der Waals surface area contributed by atoms with Crippen LogP contribution in [0.4, 0.5) is 5.69 Å². The molecule has 0 bridgehead atoms. The quantitative estimate of drug-likeness (QED) is 0.639. The van der Waals surface area contributed by atoms with Crippen LogP contribution in [0.25, 0.3) is 0 Å². The van der Waals surface area contributed by atoms with Crippen LogP contribution in [-0.2, 0) is 9.59 Å². The van der Waals surface area contributed by atoms with E-state index in [2.05, 4.69) is 10.6 Å². The third-order valence-electron chi connectivity index (χ3n) is 2.66. The van der Waals surface area contributed by atoms with E-state index in [4.69, 9.17) is 10.5 Å². The van der Waals surface area contributed by atoms with Gasteiger partial charge in [-0.05, 0) is 24.3 Å². The van der Waals surface area contributed by atoms with E-state index in [1.54, 1.807) is 24.3 Å². The Bertz CT molecular complexity index is 458. The number of rotatable bonds is 9. The summed E-state index contributed by atoms with van der Waals surface area (Å²) in [7, 11) is 0. The Morgan fingerprint density at radius 3 is 2.43 bits per heavy atom. The lowest BCUT2D eigenvalue weighted by Gasteiger charge is -2.09. The third-order valence-corrected chi connectivity index (χ3v) is 2.66. The van der Waals surface area contributed by atoms with Crippen LogP contribution in [0.3, 0.4) is 0 Å². The van der Waals surface area contributed by atoms with Gasteiger partial charge in [-0.1, -0.05) is 13.8 Å². The highest BCUT2D eigenvalue weighted by molar-refractivity contribution is 5.90. The molecule has 1 aromatic rings. The molecule has 0 aliphatic carbocycles. The van der Waals surface area contributed by atoms with Gasteiger partial charge >= 0.3 is 0 Å². The highest BCUT2D eigenvalue weighted by atomic mass is 16.5. The zero-order valence-corrected chi connectivity index (χ0v) is 12.5. The molecular weight excluding hydrogens is 270 g/mol. The number of ether oxygens (including phenoxy) is 1. The van der Waals surface area contributed by atoms with Gasteiger partial charge in [0.2, 0.25) is 11.8 Å². The monoisotopic (exact) mass is 293 g/mol. The number of nitrogens with one attached hydrogen (secondary N) is 2. The minimum Gasteiger partial charge on any atom is -0.493 e. The normalized spacial score (nSPS) is 10.4. The molecule has 6 nitrogen and oxygen atoms in total. The molecule has 1 rings (SSSR count). The molecule has 0 aromatic heterocycles. The SMILES string of the molecule is CC(C)NCCC(=O)Nc1ccc(OCCC(N)=O)cc1. The van der Waals surface area contributed by atoms with E-state index in [1.807, 2.05) is 13.8 Å². The Hall–Kier alpha value is -2.08. The van der Waals surface area contributed by atoms with Crippen LogP contribution in [0, 0.1) is 0 Å². The fraction of sp³-hybridized carbons (Fsp3) is 0.467. The first-order valence-corrected chi connectivity index (χ1v) is 7.02. The van der Waals surface area contributed by atoms with Crippen molar-refractivity contribution in [1.82, 2.24) is 5.32 Å². The van der Waals surface area contributed by atoms with E-state index in [-0.39, 0.29) is 18.9 Å². The Morgan fingerprint density at radius 2 is 1.86 bits per heavy atom. The van der Waals surface area contributed by atoms with Crippen molar-refractivity contribution in [2.24, 2.45) is 5.73 Å². The summed E-state index contributed by atoms with van der Waals surface area (Å²) < 4.78 is 5.34. The van der Waals surface area contributed by atoms with E-state index in [9.17, 15) is 9.59 Å². The largest absolute Gasteiger partial charge is 0.493 e. The summed E-state index contributed by atoms with van der Waals surface area (Å²) in [6.45, 7) is 4.98. The molecule has 0 aliphatic heterocycles. The van der Waals surface area contributed by atoms with E-state index < -0.39 is 5.91 Å². The van der Waals surface area contributed by atoms with Gasteiger partial charge in [0.15, 0.2) is 0 Å². The Labute approximate surface area is 125 Å². The summed E-state index contributed by atoms with van der Waals surface area (Å²) in [5.41, 5.74) is 5.74. The molecule has 0 heterocycles. The highest BCUT2D eigenvalue weighted by Gasteiger charge is 2.03. The van der Waals surface area contributed by atoms with E-state index in [0.29, 0.717) is 30.4 Å². The maximum atomic E-state index is 11.7. The zero-order chi connectivity index (χ0) is 15.7. The summed E-state index contributed by atoms with van der Waals surface area (Å²) in [6, 6.07) is 7.36. The molecule has 0 atom stereocenters. The maximum Gasteiger partial charge on any atom is 0.225 e. The number of carbonyl (C=O) groups is 2. The average molecular weight is 293 g/mol. The van der Waals surface area contributed by atoms with Crippen LogP contribution in [0.1, 0.15) is 26.7 Å². The maximum absolute atomic E-state index is 11.7. The lowest BCUT2D eigenvalue weighted by Crippen LogP contribution is -2.27. The first-order valence-electron chi connectivity index (χ1n) is 7.02. The molecule has 2 amide bonds. The predicted molar refractivity (Wildman–Crippen MR) is 82.1 cm³/mol. The molecule has 0 saturated heterocycles. The number of hydrogen-bond acceptors (Lipinski definition) is 4. The van der Waals surface area contributed by atoms with Gasteiger partial charge in [0.1, 0.15) is 5.75 Å². The Morgan fingerprint density at radius 1 is 1.19 bits per heavy atom. The molecule has 0 fully saturated rings. The van der Waals surface area contributed by atoms with Gasteiger partial charge < -0.3 is 21.1 Å². The summed E-state index contributed by atoms with van der Waals surface area (Å²) in [5, 5.41) is 5.99. The number of amides is 2. The van der Waals surface area contributed by atoms with Crippen LogP contribution in [0.5, 0.6) is 5.75 Å². The van der Waals surface area contributed by atoms with Crippen molar-refractivity contribution in [1.29, 1.82) is 0 Å². The van der Waals surface area contributed by atoms with Crippen molar-refractivity contribution in [3.05, 3.63) is 24.3 Å². The summed E-state index contributed by atoms with van der Waals surface area (Å²) in [4.78, 5) is 22.3. The predicted octanol–water partition coefficient (Wildman–Crippen LogP) is 1.27. The summed E-state index contributed by atoms with van der Waals surface area (Å²) in [6.07, 6.45) is 0.608. The molecule has 4 N–H and O–H groups in total. The lowest BCUT2D eigenvalue weighted by atomic mass is 10.3. The molecule has 6 heteroatoms. The van der Waals surface area contributed by atoms with Gasteiger partial charge in [-0.3, -0.25) is 9.59 Å². The Kier molecular flexibility index (Phi) is 7.25. The minimum absolute atomic E-state index is 0.0365. The minimum atomic E-state index is -0.395. The van der Waals surface area contributed by atoms with Crippen molar-refractivity contribution in [3.8, 4) is 5.75 Å². The summed E-state index contributed by atoms with van der Waals surface area (Å²) >= 11 is 0. The second-order valence-electron chi connectivity index (χ2n) is 5.00. The molecule has 116 valence electrons. The highest BCUT2D eigenvalue weighted by Crippen LogP contribution is 2.15. The zero-order valence-electron chi connectivity index (χ0n) is 12.5. The number of anilines is 1. The number of primary amides is 1. The van der Waals surface area contributed by atoms with E-state index in [0.717, 1.165) is 0 Å². The molecule has 1 aromatic carbocycles. The van der Waals surface area contributed by atoms with Gasteiger partial charge in [-0.25, -0.2) is 0 Å². The van der Waals surface area contributed by atoms with E-state index >= 15 is 0 Å². The Balaban J connectivity index is 2.33. The molecule has 0 unspecified atom stereocenters. The fourth-order valence-corrected chi connectivity index (χ4v) is 1.60. The van der Waals surface area contributed by atoms with Crippen LogP contribution >= 0.6 is 0 Å². The van der Waals surface area contributed by atoms with Gasteiger partial charge in [-0.2, -0.15) is 0 Å². The topological polar surface area (TPSA) is 93.4 Å². The molecular formula is C15H23N3O3. The molecule has 0 aliphatic rings. The summed E-state index contributed by atoms with van der Waals surface area (Å²) in [5.74, 6) is 0.204. The van der Waals surface area contributed by atoms with Crippen molar-refractivity contribution in [2.75, 3.05) is 18.5 Å². The molecule has 21 heavy (non-hydrogen) atoms. The first kappa shape index (κ1) is 17.0. The first-order chi connectivity index (χ1) is 9.97. The van der Waals surface area contributed by atoms with Crippen molar-refractivity contribution >= 4 is 17.5 Å². The number of hydrogen-bond donors (Lipinski definition) is 3. The second-order valence-corrected chi connectivity index (χ2v) is 5.00. The molecule has 0 saturated carbocycles. The van der Waals surface area contributed by atoms with E-state index in [1.165, 1.54) is 0 Å². The van der Waals surface area contributed by atoms with Crippen molar-refractivity contribution in [3.63, 3.8) is 0 Å². The lowest BCUT2D eigenvalue weighted by molar-refractivity contribution is -0.118. The third kappa shape index (κ3) is 7.94. The van der Waals surface area contributed by atoms with Crippen LogP contribution in [-0.4, -0.2) is 31.0 Å².